The van der Waals surface area contributed by atoms with E-state index in [9.17, 15) is 4.79 Å². The van der Waals surface area contributed by atoms with Crippen molar-refractivity contribution in [2.75, 3.05) is 5.32 Å². The normalized spacial score (nSPS) is 11.2. The fourth-order valence-corrected chi connectivity index (χ4v) is 3.42. The van der Waals surface area contributed by atoms with Gasteiger partial charge in [0.2, 0.25) is 5.91 Å². The van der Waals surface area contributed by atoms with Crippen molar-refractivity contribution < 1.29 is 4.79 Å². The minimum absolute atomic E-state index is 0.0179. The molecule has 2 aromatic heterocycles. The smallest absolute Gasteiger partial charge is 0.228 e. The Hall–Kier alpha value is -3.41. The minimum atomic E-state index is -0.0179. The van der Waals surface area contributed by atoms with E-state index in [1.165, 1.54) is 6.33 Å². The van der Waals surface area contributed by atoms with Crippen LogP contribution in [0.4, 0.5) is 5.69 Å². The Labute approximate surface area is 163 Å². The van der Waals surface area contributed by atoms with Crippen LogP contribution in [0.1, 0.15) is 31.0 Å². The van der Waals surface area contributed by atoms with Crippen LogP contribution in [0.25, 0.3) is 10.9 Å². The number of carbonyl (C=O) groups excluding carboxylic acids is 1. The monoisotopic (exact) mass is 373 g/mol. The zero-order valence-corrected chi connectivity index (χ0v) is 16.0. The summed E-state index contributed by atoms with van der Waals surface area (Å²) in [5.74, 6) is -0.0179. The number of nitrogens with one attached hydrogen (secondary N) is 1. The quantitative estimate of drug-likeness (QED) is 0.555. The third-order valence-corrected chi connectivity index (χ3v) is 4.78. The Morgan fingerprint density at radius 3 is 2.61 bits per heavy atom. The van der Waals surface area contributed by atoms with Crippen molar-refractivity contribution in [3.63, 3.8) is 0 Å². The molecule has 0 aliphatic carbocycles. The highest BCUT2D eigenvalue weighted by Crippen LogP contribution is 2.25. The molecule has 0 spiro atoms. The Bertz CT molecular complexity index is 1080. The summed E-state index contributed by atoms with van der Waals surface area (Å²) >= 11 is 0. The molecule has 28 heavy (non-hydrogen) atoms. The minimum Gasteiger partial charge on any atom is -0.345 e. The van der Waals surface area contributed by atoms with Gasteiger partial charge in [-0.3, -0.25) is 4.79 Å². The number of nitrogens with zero attached hydrogens (tertiary/aromatic N) is 4. The second kappa shape index (κ2) is 7.68. The van der Waals surface area contributed by atoms with E-state index < -0.39 is 0 Å². The molecule has 0 fully saturated rings. The fraction of sp³-hybridized carbons (Fsp3) is 0.227. The van der Waals surface area contributed by atoms with Crippen molar-refractivity contribution >= 4 is 22.5 Å². The van der Waals surface area contributed by atoms with Gasteiger partial charge in [0.25, 0.3) is 0 Å². The topological polar surface area (TPSA) is 64.7 Å². The molecule has 0 saturated carbocycles. The summed E-state index contributed by atoms with van der Waals surface area (Å²) in [6, 6.07) is 16.4. The number of aromatic nitrogens is 4. The Balaban J connectivity index is 1.45. The van der Waals surface area contributed by atoms with E-state index in [2.05, 4.69) is 52.1 Å². The van der Waals surface area contributed by atoms with Gasteiger partial charge in [-0.25, -0.2) is 9.67 Å². The lowest BCUT2D eigenvalue weighted by Crippen LogP contribution is -2.14. The van der Waals surface area contributed by atoms with Crippen LogP contribution in [0.15, 0.2) is 67.4 Å². The molecule has 0 aliphatic heterocycles. The van der Waals surface area contributed by atoms with E-state index >= 15 is 0 Å². The molecular weight excluding hydrogens is 350 g/mol. The summed E-state index contributed by atoms with van der Waals surface area (Å²) in [5, 5.41) is 8.23. The van der Waals surface area contributed by atoms with Crippen LogP contribution >= 0.6 is 0 Å². The second-order valence-electron chi connectivity index (χ2n) is 7.19. The number of para-hydroxylation sites is 1. The highest BCUT2D eigenvalue weighted by Gasteiger charge is 2.13. The maximum atomic E-state index is 12.6. The number of fused-ring (bicyclic) bond motifs is 1. The molecule has 142 valence electrons. The molecule has 1 N–H and O–H groups in total. The first-order chi connectivity index (χ1) is 13.6. The number of hydrogen-bond acceptors (Lipinski definition) is 3. The van der Waals surface area contributed by atoms with Gasteiger partial charge in [-0.05, 0) is 43.2 Å². The summed E-state index contributed by atoms with van der Waals surface area (Å²) in [7, 11) is 0. The van der Waals surface area contributed by atoms with Crippen LogP contribution in [0, 0.1) is 0 Å². The SMILES string of the molecule is CC(C)n1cc(CC(=O)Nc2ccc(Cn3cncn3)cc2)c2ccccc21. The highest BCUT2D eigenvalue weighted by molar-refractivity contribution is 5.96. The molecular formula is C22H23N5O. The molecule has 4 aromatic rings. The van der Waals surface area contributed by atoms with Crippen LogP contribution < -0.4 is 5.32 Å². The first-order valence-electron chi connectivity index (χ1n) is 9.40. The average Bonchev–Trinajstić information content (AvgIpc) is 3.32. The van der Waals surface area contributed by atoms with E-state index in [0.29, 0.717) is 19.0 Å². The van der Waals surface area contributed by atoms with Crippen LogP contribution in [0.3, 0.4) is 0 Å². The Kier molecular flexibility index (Phi) is 4.93. The zero-order chi connectivity index (χ0) is 19.5. The summed E-state index contributed by atoms with van der Waals surface area (Å²) in [4.78, 5) is 16.5. The van der Waals surface area contributed by atoms with Gasteiger partial charge in [0, 0.05) is 28.8 Å². The molecule has 0 saturated heterocycles. The highest BCUT2D eigenvalue weighted by atomic mass is 16.1. The van der Waals surface area contributed by atoms with Gasteiger partial charge in [-0.2, -0.15) is 5.10 Å². The lowest BCUT2D eigenvalue weighted by atomic mass is 10.1. The molecule has 2 heterocycles. The van der Waals surface area contributed by atoms with Gasteiger partial charge >= 0.3 is 0 Å². The molecule has 6 nitrogen and oxygen atoms in total. The van der Waals surface area contributed by atoms with E-state index in [4.69, 9.17) is 0 Å². The number of anilines is 1. The zero-order valence-electron chi connectivity index (χ0n) is 16.0. The van der Waals surface area contributed by atoms with Gasteiger partial charge < -0.3 is 9.88 Å². The molecule has 4 rings (SSSR count). The van der Waals surface area contributed by atoms with Crippen molar-refractivity contribution in [3.05, 3.63) is 78.5 Å². The van der Waals surface area contributed by atoms with E-state index in [0.717, 1.165) is 27.7 Å². The molecule has 0 radical (unpaired) electrons. The maximum absolute atomic E-state index is 12.6. The lowest BCUT2D eigenvalue weighted by molar-refractivity contribution is -0.115. The molecule has 0 atom stereocenters. The predicted octanol–water partition coefficient (Wildman–Crippen LogP) is 4.04. The molecule has 0 aliphatic rings. The third-order valence-electron chi connectivity index (χ3n) is 4.78. The molecule has 0 bridgehead atoms. The van der Waals surface area contributed by atoms with Crippen molar-refractivity contribution in [3.8, 4) is 0 Å². The van der Waals surface area contributed by atoms with Gasteiger partial charge in [0.05, 0.1) is 13.0 Å². The Morgan fingerprint density at radius 2 is 1.89 bits per heavy atom. The number of benzene rings is 2. The van der Waals surface area contributed by atoms with Gasteiger partial charge in [0.1, 0.15) is 12.7 Å². The average molecular weight is 373 g/mol. The second-order valence-corrected chi connectivity index (χ2v) is 7.19. The van der Waals surface area contributed by atoms with Crippen LogP contribution in [0.5, 0.6) is 0 Å². The van der Waals surface area contributed by atoms with Crippen molar-refractivity contribution in [2.24, 2.45) is 0 Å². The van der Waals surface area contributed by atoms with Crippen LogP contribution in [-0.4, -0.2) is 25.2 Å². The summed E-state index contributed by atoms with van der Waals surface area (Å²) < 4.78 is 3.98. The fourth-order valence-electron chi connectivity index (χ4n) is 3.42. The molecule has 6 heteroatoms. The Morgan fingerprint density at radius 1 is 1.11 bits per heavy atom. The largest absolute Gasteiger partial charge is 0.345 e. The third kappa shape index (κ3) is 3.81. The number of amides is 1. The van der Waals surface area contributed by atoms with Gasteiger partial charge in [-0.15, -0.1) is 0 Å². The van der Waals surface area contributed by atoms with E-state index in [-0.39, 0.29) is 5.91 Å². The van der Waals surface area contributed by atoms with Crippen LogP contribution in [-0.2, 0) is 17.8 Å². The summed E-state index contributed by atoms with van der Waals surface area (Å²) in [6.45, 7) is 4.96. The van der Waals surface area contributed by atoms with Gasteiger partial charge in [0.15, 0.2) is 0 Å². The van der Waals surface area contributed by atoms with E-state index in [1.54, 1.807) is 11.0 Å². The lowest BCUT2D eigenvalue weighted by Gasteiger charge is -2.08. The predicted molar refractivity (Wildman–Crippen MR) is 110 cm³/mol. The standard InChI is InChI=1S/C22H23N5O/c1-16(2)27-13-18(20-5-3-4-6-21(20)27)11-22(28)25-19-9-7-17(8-10-19)12-26-15-23-14-24-26/h3-10,13-16H,11-12H2,1-2H3,(H,25,28). The van der Waals surface area contributed by atoms with Gasteiger partial charge in [-0.1, -0.05) is 30.3 Å². The van der Waals surface area contributed by atoms with E-state index in [1.807, 2.05) is 36.4 Å². The molecule has 0 unspecified atom stereocenters. The molecule has 2 aromatic carbocycles. The number of hydrogen-bond donors (Lipinski definition) is 1. The summed E-state index contributed by atoms with van der Waals surface area (Å²) in [6.07, 6.45) is 5.64. The van der Waals surface area contributed by atoms with Crippen LogP contribution in [0.2, 0.25) is 0 Å². The number of rotatable bonds is 6. The first-order valence-corrected chi connectivity index (χ1v) is 9.40. The van der Waals surface area contributed by atoms with Crippen molar-refractivity contribution in [1.29, 1.82) is 0 Å². The molecule has 1 amide bonds. The maximum Gasteiger partial charge on any atom is 0.228 e. The number of carbonyl (C=O) groups is 1. The first kappa shape index (κ1) is 18.0. The van der Waals surface area contributed by atoms with Crippen molar-refractivity contribution in [2.45, 2.75) is 32.9 Å². The summed E-state index contributed by atoms with van der Waals surface area (Å²) in [5.41, 5.74) is 4.10. The van der Waals surface area contributed by atoms with Crippen molar-refractivity contribution in [1.82, 2.24) is 19.3 Å².